The van der Waals surface area contributed by atoms with Crippen molar-refractivity contribution in [1.82, 2.24) is 29.4 Å². The van der Waals surface area contributed by atoms with E-state index in [2.05, 4.69) is 15.3 Å². The van der Waals surface area contributed by atoms with Crippen molar-refractivity contribution >= 4 is 5.91 Å². The number of carbonyl (C=O) groups excluding carboxylic acids is 1. The SMILES string of the molecule is CC(C)n1cnc(C(=O)N2CCC[C@@](O)(c3cn(C(C)C)nn3)C2)c1. The summed E-state index contributed by atoms with van der Waals surface area (Å²) in [6.45, 7) is 8.89. The third kappa shape index (κ3) is 3.44. The molecule has 8 nitrogen and oxygen atoms in total. The predicted molar refractivity (Wildman–Crippen MR) is 92.1 cm³/mol. The van der Waals surface area contributed by atoms with Crippen molar-refractivity contribution in [3.8, 4) is 0 Å². The molecule has 2 aromatic rings. The molecule has 0 radical (unpaired) electrons. The van der Waals surface area contributed by atoms with Crippen LogP contribution >= 0.6 is 0 Å². The van der Waals surface area contributed by atoms with Gasteiger partial charge in [-0.05, 0) is 40.5 Å². The summed E-state index contributed by atoms with van der Waals surface area (Å²) in [5, 5.41) is 19.3. The number of hydrogen-bond acceptors (Lipinski definition) is 5. The van der Waals surface area contributed by atoms with Gasteiger partial charge in [0, 0.05) is 24.8 Å². The van der Waals surface area contributed by atoms with Crippen molar-refractivity contribution in [1.29, 1.82) is 0 Å². The molecule has 0 spiro atoms. The molecule has 0 aromatic carbocycles. The Morgan fingerprint density at radius 3 is 2.60 bits per heavy atom. The van der Waals surface area contributed by atoms with Crippen LogP contribution in [0.4, 0.5) is 0 Å². The summed E-state index contributed by atoms with van der Waals surface area (Å²) in [5.41, 5.74) is -0.239. The summed E-state index contributed by atoms with van der Waals surface area (Å²) >= 11 is 0. The molecule has 3 heterocycles. The molecule has 8 heteroatoms. The lowest BCUT2D eigenvalue weighted by atomic mass is 9.90. The summed E-state index contributed by atoms with van der Waals surface area (Å²) in [6.07, 6.45) is 6.47. The maximum absolute atomic E-state index is 12.8. The van der Waals surface area contributed by atoms with E-state index in [1.807, 2.05) is 32.3 Å². The highest BCUT2D eigenvalue weighted by Gasteiger charge is 2.39. The Bertz CT molecular complexity index is 750. The quantitative estimate of drug-likeness (QED) is 0.911. The minimum absolute atomic E-state index is 0.159. The van der Waals surface area contributed by atoms with Gasteiger partial charge in [-0.3, -0.25) is 4.79 Å². The summed E-state index contributed by atoms with van der Waals surface area (Å²) in [6, 6.07) is 0.421. The first kappa shape index (κ1) is 17.6. The van der Waals surface area contributed by atoms with Gasteiger partial charge in [0.05, 0.1) is 19.1 Å². The van der Waals surface area contributed by atoms with Crippen molar-refractivity contribution in [3.05, 3.63) is 30.1 Å². The molecule has 0 unspecified atom stereocenters. The molecule has 1 N–H and O–H groups in total. The van der Waals surface area contributed by atoms with E-state index in [0.717, 1.165) is 0 Å². The Kier molecular flexibility index (Phi) is 4.64. The number of imidazole rings is 1. The fourth-order valence-corrected chi connectivity index (χ4v) is 3.05. The molecule has 1 aliphatic heterocycles. The molecule has 1 amide bonds. The second-order valence-corrected chi connectivity index (χ2v) is 7.34. The molecule has 1 aliphatic rings. The van der Waals surface area contributed by atoms with Gasteiger partial charge in [-0.25, -0.2) is 9.67 Å². The highest BCUT2D eigenvalue weighted by Crippen LogP contribution is 2.31. The van der Waals surface area contributed by atoms with Crippen LogP contribution in [0.5, 0.6) is 0 Å². The summed E-state index contributed by atoms with van der Waals surface area (Å²) < 4.78 is 3.62. The highest BCUT2D eigenvalue weighted by molar-refractivity contribution is 5.92. The normalized spacial score (nSPS) is 21.3. The van der Waals surface area contributed by atoms with E-state index in [4.69, 9.17) is 0 Å². The number of carbonyl (C=O) groups is 1. The van der Waals surface area contributed by atoms with Crippen molar-refractivity contribution in [2.45, 2.75) is 58.2 Å². The van der Waals surface area contributed by atoms with Gasteiger partial charge < -0.3 is 14.6 Å². The van der Waals surface area contributed by atoms with Crippen LogP contribution in [0.3, 0.4) is 0 Å². The van der Waals surface area contributed by atoms with E-state index in [1.165, 1.54) is 0 Å². The van der Waals surface area contributed by atoms with Crippen LogP contribution in [0.25, 0.3) is 0 Å². The number of rotatable bonds is 4. The zero-order chi connectivity index (χ0) is 18.2. The zero-order valence-corrected chi connectivity index (χ0v) is 15.3. The average Bonchev–Trinajstić information content (AvgIpc) is 3.24. The Labute approximate surface area is 147 Å². The lowest BCUT2D eigenvalue weighted by molar-refractivity contribution is -0.0322. The number of aromatic nitrogens is 5. The number of piperidine rings is 1. The molecule has 25 heavy (non-hydrogen) atoms. The van der Waals surface area contributed by atoms with Crippen molar-refractivity contribution in [2.24, 2.45) is 0 Å². The Balaban J connectivity index is 1.78. The molecule has 1 atom stereocenters. The third-order valence-corrected chi connectivity index (χ3v) is 4.69. The maximum atomic E-state index is 12.8. The van der Waals surface area contributed by atoms with Crippen LogP contribution in [0.2, 0.25) is 0 Å². The number of likely N-dealkylation sites (tertiary alicyclic amines) is 1. The van der Waals surface area contributed by atoms with Gasteiger partial charge in [0.25, 0.3) is 5.91 Å². The van der Waals surface area contributed by atoms with Gasteiger partial charge in [-0.2, -0.15) is 0 Å². The smallest absolute Gasteiger partial charge is 0.274 e. The Morgan fingerprint density at radius 1 is 1.24 bits per heavy atom. The number of aliphatic hydroxyl groups is 1. The van der Waals surface area contributed by atoms with Gasteiger partial charge in [0.1, 0.15) is 17.0 Å². The molecule has 0 saturated carbocycles. The number of hydrogen-bond donors (Lipinski definition) is 1. The molecule has 0 bridgehead atoms. The minimum Gasteiger partial charge on any atom is -0.382 e. The number of nitrogens with zero attached hydrogens (tertiary/aromatic N) is 6. The van der Waals surface area contributed by atoms with Crippen LogP contribution in [0.1, 0.15) is 68.8 Å². The minimum atomic E-state index is -1.17. The molecular weight excluding hydrogens is 320 g/mol. The van der Waals surface area contributed by atoms with Crippen LogP contribution in [-0.4, -0.2) is 53.5 Å². The van der Waals surface area contributed by atoms with Crippen LogP contribution in [0, 0.1) is 0 Å². The second kappa shape index (κ2) is 6.59. The summed E-state index contributed by atoms with van der Waals surface area (Å²) in [4.78, 5) is 18.6. The summed E-state index contributed by atoms with van der Waals surface area (Å²) in [7, 11) is 0. The molecule has 136 valence electrons. The third-order valence-electron chi connectivity index (χ3n) is 4.69. The van der Waals surface area contributed by atoms with E-state index < -0.39 is 5.60 Å². The van der Waals surface area contributed by atoms with E-state index in [1.54, 1.807) is 28.3 Å². The number of β-amino-alcohol motifs (C(OH)–C–C–N with tert-alkyl or cyclic N) is 1. The first-order valence-electron chi connectivity index (χ1n) is 8.77. The Morgan fingerprint density at radius 2 is 2.00 bits per heavy atom. The van der Waals surface area contributed by atoms with E-state index in [9.17, 15) is 9.90 Å². The van der Waals surface area contributed by atoms with Crippen molar-refractivity contribution in [2.75, 3.05) is 13.1 Å². The average molecular weight is 346 g/mol. The van der Waals surface area contributed by atoms with Crippen molar-refractivity contribution < 1.29 is 9.90 Å². The lowest BCUT2D eigenvalue weighted by Crippen LogP contribution is -2.48. The maximum Gasteiger partial charge on any atom is 0.274 e. The van der Waals surface area contributed by atoms with E-state index in [-0.39, 0.29) is 24.5 Å². The Hall–Kier alpha value is -2.22. The molecule has 3 rings (SSSR count). The zero-order valence-electron chi connectivity index (χ0n) is 15.3. The molecule has 0 aliphatic carbocycles. The molecule has 1 saturated heterocycles. The van der Waals surface area contributed by atoms with Crippen molar-refractivity contribution in [3.63, 3.8) is 0 Å². The van der Waals surface area contributed by atoms with Gasteiger partial charge in [-0.1, -0.05) is 5.21 Å². The molecular formula is C17H26N6O2. The fourth-order valence-electron chi connectivity index (χ4n) is 3.05. The lowest BCUT2D eigenvalue weighted by Gasteiger charge is -2.37. The monoisotopic (exact) mass is 346 g/mol. The van der Waals surface area contributed by atoms with E-state index >= 15 is 0 Å². The fraction of sp³-hybridized carbons (Fsp3) is 0.647. The van der Waals surface area contributed by atoms with Gasteiger partial charge in [0.2, 0.25) is 0 Å². The molecule has 1 fully saturated rings. The van der Waals surface area contributed by atoms with Gasteiger partial charge in [0.15, 0.2) is 0 Å². The van der Waals surface area contributed by atoms with Crippen LogP contribution in [-0.2, 0) is 5.60 Å². The molecule has 2 aromatic heterocycles. The predicted octanol–water partition coefficient (Wildman–Crippen LogP) is 1.76. The van der Waals surface area contributed by atoms with E-state index in [0.29, 0.717) is 30.8 Å². The van der Waals surface area contributed by atoms with Crippen LogP contribution in [0.15, 0.2) is 18.7 Å². The number of amides is 1. The first-order valence-corrected chi connectivity index (χ1v) is 8.77. The topological polar surface area (TPSA) is 89.1 Å². The largest absolute Gasteiger partial charge is 0.382 e. The second-order valence-electron chi connectivity index (χ2n) is 7.34. The van der Waals surface area contributed by atoms with Gasteiger partial charge >= 0.3 is 0 Å². The highest BCUT2D eigenvalue weighted by atomic mass is 16.3. The standard InChI is InChI=1S/C17H26N6O2/c1-12(2)22-8-14(18-11-22)16(24)21-7-5-6-17(25,10-21)15-9-23(13(3)4)20-19-15/h8-9,11-13,25H,5-7,10H2,1-4H3/t17-/m0/s1. The van der Waals surface area contributed by atoms with Crippen LogP contribution < -0.4 is 0 Å². The first-order chi connectivity index (χ1) is 11.8. The van der Waals surface area contributed by atoms with Gasteiger partial charge in [-0.15, -0.1) is 5.10 Å². The summed E-state index contributed by atoms with van der Waals surface area (Å²) in [5.74, 6) is -0.159.